The Bertz CT molecular complexity index is 1310. The van der Waals surface area contributed by atoms with E-state index in [9.17, 15) is 0 Å². The topological polar surface area (TPSA) is 71.0 Å². The molecule has 1 aliphatic rings. The van der Waals surface area contributed by atoms with E-state index in [1.165, 1.54) is 10.8 Å². The minimum absolute atomic E-state index is 0.0876. The SMILES string of the molecule is C/C=C\C1(c2ccc(C(=N)/N=C/c3cc4ccccc4c4ccccc34)nc2)CN1. The molecule has 0 aliphatic carbocycles. The molecule has 2 heterocycles. The zero-order valence-electron chi connectivity index (χ0n) is 16.8. The highest BCUT2D eigenvalue weighted by Crippen LogP contribution is 2.32. The van der Waals surface area contributed by atoms with E-state index in [1.807, 2.05) is 43.5 Å². The van der Waals surface area contributed by atoms with E-state index in [2.05, 4.69) is 63.8 Å². The number of hydrogen-bond acceptors (Lipinski definition) is 3. The van der Waals surface area contributed by atoms with Gasteiger partial charge in [0.2, 0.25) is 0 Å². The van der Waals surface area contributed by atoms with Crippen molar-refractivity contribution < 1.29 is 0 Å². The highest BCUT2D eigenvalue weighted by atomic mass is 15.2. The van der Waals surface area contributed by atoms with Gasteiger partial charge < -0.3 is 5.32 Å². The standard InChI is InChI=1S/C26H22N4/c1-2-13-26(17-30-26)20-11-12-24(28-16-20)25(27)29-15-19-14-18-7-3-4-8-21(18)23-10-6-5-9-22(19)23/h2-16,27,30H,17H2,1H3/b13-2-,27-25?,29-15+. The first-order valence-electron chi connectivity index (χ1n) is 10.1. The molecule has 0 radical (unpaired) electrons. The fraction of sp³-hybridized carbons (Fsp3) is 0.115. The van der Waals surface area contributed by atoms with Crippen LogP contribution in [0.25, 0.3) is 21.5 Å². The second kappa shape index (κ2) is 7.32. The van der Waals surface area contributed by atoms with Crippen LogP contribution >= 0.6 is 0 Å². The highest BCUT2D eigenvalue weighted by Gasteiger charge is 2.41. The lowest BCUT2D eigenvalue weighted by Crippen LogP contribution is -2.10. The molecule has 0 saturated carbocycles. The van der Waals surface area contributed by atoms with Gasteiger partial charge in [-0.05, 0) is 46.2 Å². The molecule has 4 nitrogen and oxygen atoms in total. The summed E-state index contributed by atoms with van der Waals surface area (Å²) in [6.45, 7) is 2.94. The van der Waals surface area contributed by atoms with Crippen molar-refractivity contribution in [1.82, 2.24) is 10.3 Å². The lowest BCUT2D eigenvalue weighted by molar-refractivity contribution is 0.849. The van der Waals surface area contributed by atoms with E-state index < -0.39 is 0 Å². The Hall–Kier alpha value is -3.63. The normalized spacial score (nSPS) is 18.6. The van der Waals surface area contributed by atoms with E-state index in [4.69, 9.17) is 5.41 Å². The molecule has 4 heteroatoms. The van der Waals surface area contributed by atoms with E-state index >= 15 is 0 Å². The number of aliphatic imine (C=N–C) groups is 1. The van der Waals surface area contributed by atoms with Gasteiger partial charge in [0.25, 0.3) is 0 Å². The molecule has 1 fully saturated rings. The van der Waals surface area contributed by atoms with Gasteiger partial charge in [0.05, 0.1) is 5.54 Å². The number of aromatic nitrogens is 1. The summed E-state index contributed by atoms with van der Waals surface area (Å²) in [6, 6.07) is 22.7. The van der Waals surface area contributed by atoms with Crippen molar-refractivity contribution in [3.05, 3.63) is 102 Å². The predicted octanol–water partition coefficient (Wildman–Crippen LogP) is 5.21. The Labute approximate surface area is 175 Å². The van der Waals surface area contributed by atoms with Gasteiger partial charge in [0, 0.05) is 24.5 Å². The first-order valence-corrected chi connectivity index (χ1v) is 10.1. The van der Waals surface area contributed by atoms with Crippen molar-refractivity contribution in [2.45, 2.75) is 12.5 Å². The van der Waals surface area contributed by atoms with Crippen LogP contribution in [0.4, 0.5) is 0 Å². The Kier molecular flexibility index (Phi) is 4.49. The lowest BCUT2D eigenvalue weighted by atomic mass is 9.98. The van der Waals surface area contributed by atoms with Crippen molar-refractivity contribution in [2.75, 3.05) is 6.54 Å². The van der Waals surface area contributed by atoms with Crippen LogP contribution < -0.4 is 5.32 Å². The maximum absolute atomic E-state index is 8.38. The Morgan fingerprint density at radius 3 is 2.47 bits per heavy atom. The molecule has 1 aliphatic heterocycles. The van der Waals surface area contributed by atoms with E-state index in [0.29, 0.717) is 5.69 Å². The Morgan fingerprint density at radius 2 is 1.77 bits per heavy atom. The maximum atomic E-state index is 8.38. The highest BCUT2D eigenvalue weighted by molar-refractivity contribution is 6.15. The number of fused-ring (bicyclic) bond motifs is 3. The number of benzene rings is 3. The van der Waals surface area contributed by atoms with Gasteiger partial charge in [-0.15, -0.1) is 0 Å². The van der Waals surface area contributed by atoms with Crippen molar-refractivity contribution in [1.29, 1.82) is 5.41 Å². The summed E-state index contributed by atoms with van der Waals surface area (Å²) in [5.41, 5.74) is 2.59. The number of rotatable bonds is 4. The van der Waals surface area contributed by atoms with Crippen LogP contribution in [-0.2, 0) is 5.54 Å². The van der Waals surface area contributed by atoms with Gasteiger partial charge in [-0.1, -0.05) is 66.7 Å². The smallest absolute Gasteiger partial charge is 0.170 e. The molecule has 1 saturated heterocycles. The van der Waals surface area contributed by atoms with E-state index in [1.54, 1.807) is 6.21 Å². The third kappa shape index (κ3) is 3.21. The molecule has 1 aromatic heterocycles. The fourth-order valence-electron chi connectivity index (χ4n) is 3.99. The van der Waals surface area contributed by atoms with Crippen LogP contribution in [0, 0.1) is 5.41 Å². The number of allylic oxidation sites excluding steroid dienone is 1. The molecule has 4 aromatic rings. The number of pyridine rings is 1. The molecule has 3 aromatic carbocycles. The molecule has 0 amide bonds. The fourth-order valence-corrected chi connectivity index (χ4v) is 3.99. The minimum Gasteiger partial charge on any atom is -0.301 e. The third-order valence-electron chi connectivity index (χ3n) is 5.66. The van der Waals surface area contributed by atoms with Gasteiger partial charge in [-0.25, -0.2) is 4.99 Å². The molecule has 146 valence electrons. The van der Waals surface area contributed by atoms with Crippen LogP contribution in [0.5, 0.6) is 0 Å². The molecule has 0 spiro atoms. The quantitative estimate of drug-likeness (QED) is 0.165. The summed E-state index contributed by atoms with van der Waals surface area (Å²) < 4.78 is 0. The molecule has 5 rings (SSSR count). The van der Waals surface area contributed by atoms with Crippen LogP contribution in [0.2, 0.25) is 0 Å². The predicted molar refractivity (Wildman–Crippen MR) is 125 cm³/mol. The second-order valence-corrected chi connectivity index (χ2v) is 7.60. The molecule has 1 unspecified atom stereocenters. The van der Waals surface area contributed by atoms with Crippen molar-refractivity contribution in [3.8, 4) is 0 Å². The molecular weight excluding hydrogens is 368 g/mol. The number of nitrogens with one attached hydrogen (secondary N) is 2. The van der Waals surface area contributed by atoms with Crippen molar-refractivity contribution in [3.63, 3.8) is 0 Å². The zero-order valence-corrected chi connectivity index (χ0v) is 16.8. The first kappa shape index (κ1) is 18.4. The first-order chi connectivity index (χ1) is 14.7. The van der Waals surface area contributed by atoms with Gasteiger partial charge in [-0.2, -0.15) is 0 Å². The van der Waals surface area contributed by atoms with Crippen LogP contribution in [0.3, 0.4) is 0 Å². The van der Waals surface area contributed by atoms with Gasteiger partial charge >= 0.3 is 0 Å². The monoisotopic (exact) mass is 390 g/mol. The number of nitrogens with zero attached hydrogens (tertiary/aromatic N) is 2. The molecule has 2 N–H and O–H groups in total. The average molecular weight is 390 g/mol. The minimum atomic E-state index is -0.0876. The zero-order chi connectivity index (χ0) is 20.6. The van der Waals surface area contributed by atoms with Crippen LogP contribution in [0.15, 0.2) is 90.1 Å². The third-order valence-corrected chi connectivity index (χ3v) is 5.66. The van der Waals surface area contributed by atoms with Crippen LogP contribution in [-0.4, -0.2) is 23.6 Å². The Balaban J connectivity index is 1.46. The van der Waals surface area contributed by atoms with Gasteiger partial charge in [0.15, 0.2) is 5.84 Å². The summed E-state index contributed by atoms with van der Waals surface area (Å²) in [5, 5.41) is 16.5. The average Bonchev–Trinajstić information content (AvgIpc) is 3.58. The molecule has 0 bridgehead atoms. The summed E-state index contributed by atoms with van der Waals surface area (Å²) >= 11 is 0. The largest absolute Gasteiger partial charge is 0.301 e. The summed E-state index contributed by atoms with van der Waals surface area (Å²) in [5.74, 6) is 0.155. The van der Waals surface area contributed by atoms with Crippen molar-refractivity contribution in [2.24, 2.45) is 4.99 Å². The Morgan fingerprint density at radius 1 is 1.03 bits per heavy atom. The molecule has 1 atom stereocenters. The number of hydrogen-bond donors (Lipinski definition) is 2. The van der Waals surface area contributed by atoms with Gasteiger partial charge in [-0.3, -0.25) is 10.4 Å². The summed E-state index contributed by atoms with van der Waals surface area (Å²) in [4.78, 5) is 8.91. The summed E-state index contributed by atoms with van der Waals surface area (Å²) in [6.07, 6.45) is 7.81. The summed E-state index contributed by atoms with van der Waals surface area (Å²) in [7, 11) is 0. The maximum Gasteiger partial charge on any atom is 0.170 e. The van der Waals surface area contributed by atoms with E-state index in [-0.39, 0.29) is 11.4 Å². The van der Waals surface area contributed by atoms with Crippen LogP contribution in [0.1, 0.15) is 23.7 Å². The number of amidine groups is 1. The lowest BCUT2D eigenvalue weighted by Gasteiger charge is -2.09. The molecular formula is C26H22N4. The van der Waals surface area contributed by atoms with Crippen molar-refractivity contribution >= 4 is 33.6 Å². The van der Waals surface area contributed by atoms with Gasteiger partial charge in [0.1, 0.15) is 5.69 Å². The molecule has 30 heavy (non-hydrogen) atoms. The van der Waals surface area contributed by atoms with E-state index in [0.717, 1.165) is 28.4 Å². The second-order valence-electron chi connectivity index (χ2n) is 7.60.